The molecule has 0 aliphatic carbocycles. The molecule has 0 unspecified atom stereocenters. The van der Waals surface area contributed by atoms with E-state index in [9.17, 15) is 4.79 Å². The van der Waals surface area contributed by atoms with Gasteiger partial charge in [-0.3, -0.25) is 4.79 Å². The molecule has 0 amide bonds. The Balaban J connectivity index is 0.00000442. The first-order valence-electron chi connectivity index (χ1n) is 15.1. The molecule has 0 aliphatic heterocycles. The van der Waals surface area contributed by atoms with Gasteiger partial charge in [-0.2, -0.15) is 0 Å². The van der Waals surface area contributed by atoms with Gasteiger partial charge in [0.05, 0.1) is 6.16 Å². The van der Waals surface area contributed by atoms with Crippen molar-refractivity contribution in [3.8, 4) is 16.2 Å². The molecule has 5 aromatic rings. The van der Waals surface area contributed by atoms with Crippen LogP contribution in [0, 0.1) is 3.82 Å². The normalized spacial score (nSPS) is 11.1. The lowest BCUT2D eigenvalue weighted by atomic mass is 10.1. The second-order valence-electron chi connectivity index (χ2n) is 10.8. The van der Waals surface area contributed by atoms with E-state index >= 15 is 0 Å². The largest absolute Gasteiger partial charge is 1.00 e. The topological polar surface area (TPSA) is 26.3 Å². The molecule has 4 aromatic carbocycles. The third kappa shape index (κ3) is 9.28. The molecule has 1 aromatic heterocycles. The number of benzene rings is 4. The molecule has 7 heteroatoms. The lowest BCUT2D eigenvalue weighted by Crippen LogP contribution is -3.00. The molecule has 228 valence electrons. The summed E-state index contributed by atoms with van der Waals surface area (Å²) in [6.45, 7) is 0. The Morgan fingerprint density at radius 2 is 1.09 bits per heavy atom. The van der Waals surface area contributed by atoms with Gasteiger partial charge in [0.25, 0.3) is 0 Å². The van der Waals surface area contributed by atoms with Crippen LogP contribution >= 0.6 is 40.2 Å². The second-order valence-corrected chi connectivity index (χ2v) is 17.3. The molecule has 0 spiro atoms. The zero-order chi connectivity index (χ0) is 29.7. The third-order valence-corrected chi connectivity index (χ3v) is 15.2. The number of rotatable bonds is 15. The van der Waals surface area contributed by atoms with E-state index in [1.807, 2.05) is 30.3 Å². The molecule has 44 heavy (non-hydrogen) atoms. The summed E-state index contributed by atoms with van der Waals surface area (Å²) >= 11 is 5.23. The Morgan fingerprint density at radius 3 is 1.57 bits per heavy atom. The van der Waals surface area contributed by atoms with Crippen LogP contribution in [0.2, 0.25) is 0 Å². The van der Waals surface area contributed by atoms with Crippen molar-refractivity contribution in [1.29, 1.82) is 0 Å². The van der Waals surface area contributed by atoms with E-state index in [0.717, 1.165) is 33.5 Å². The summed E-state index contributed by atoms with van der Waals surface area (Å²) in [7, 11) is 1.54. The molecular weight excluding hydrogens is 683 g/mol. The monoisotopic (exact) mass is 720 g/mol. The van der Waals surface area contributed by atoms with Crippen LogP contribution in [0.25, 0.3) is 10.4 Å². The van der Waals surface area contributed by atoms with Gasteiger partial charge in [0, 0.05) is 11.3 Å². The number of hydrogen-bond donors (Lipinski definition) is 0. The van der Waals surface area contributed by atoms with Crippen LogP contribution in [0.15, 0.2) is 121 Å². The first-order chi connectivity index (χ1) is 21.1. The minimum Gasteiger partial charge on any atom is -1.00 e. The lowest BCUT2D eigenvalue weighted by molar-refractivity contribution is -0.134. The van der Waals surface area contributed by atoms with Gasteiger partial charge in [-0.25, -0.2) is 0 Å². The third-order valence-electron chi connectivity index (χ3n) is 7.80. The Hall–Kier alpha value is -2.47. The molecule has 0 N–H and O–H groups in total. The van der Waals surface area contributed by atoms with Gasteiger partial charge < -0.3 is 21.7 Å². The van der Waals surface area contributed by atoms with E-state index in [4.69, 9.17) is 17.0 Å². The summed E-state index contributed by atoms with van der Waals surface area (Å²) in [6.07, 6.45) is 9.61. The SMILES string of the molecule is O=C(CCCCCCCCC[P+](c1ccccc1)(c1ccccc1)c1ccccc1)Oc1ccc(-c2cc(=S)ss2)cc1.[Br-]. The highest BCUT2D eigenvalue weighted by Crippen LogP contribution is 2.56. The summed E-state index contributed by atoms with van der Waals surface area (Å²) in [4.78, 5) is 13.5. The summed E-state index contributed by atoms with van der Waals surface area (Å²) in [5.41, 5.74) is 1.10. The number of halogens is 1. The molecular formula is C37H38BrO2PS3. The maximum Gasteiger partial charge on any atom is 0.311 e. The van der Waals surface area contributed by atoms with Crippen molar-refractivity contribution in [2.75, 3.05) is 6.16 Å². The Kier molecular flexibility index (Phi) is 14.0. The van der Waals surface area contributed by atoms with Gasteiger partial charge in [-0.1, -0.05) is 113 Å². The van der Waals surface area contributed by atoms with Crippen molar-refractivity contribution in [3.05, 3.63) is 125 Å². The summed E-state index contributed by atoms with van der Waals surface area (Å²) in [5.74, 6) is 0.454. The summed E-state index contributed by atoms with van der Waals surface area (Å²) in [6, 6.07) is 43.2. The number of carbonyl (C=O) groups is 1. The van der Waals surface area contributed by atoms with Crippen LogP contribution in [0.1, 0.15) is 51.4 Å². The fourth-order valence-corrected chi connectivity index (χ4v) is 12.4. The Labute approximate surface area is 285 Å². The van der Waals surface area contributed by atoms with Crippen LogP contribution in [-0.2, 0) is 4.79 Å². The van der Waals surface area contributed by atoms with Gasteiger partial charge >= 0.3 is 5.97 Å². The summed E-state index contributed by atoms with van der Waals surface area (Å²) < 4.78 is 6.46. The highest BCUT2D eigenvalue weighted by molar-refractivity contribution is 7.95. The van der Waals surface area contributed by atoms with Crippen LogP contribution in [0.3, 0.4) is 0 Å². The molecule has 5 rings (SSSR count). The quantitative estimate of drug-likeness (QED) is 0.0285. The van der Waals surface area contributed by atoms with Gasteiger partial charge in [-0.15, -0.1) is 0 Å². The van der Waals surface area contributed by atoms with E-state index in [1.165, 1.54) is 47.8 Å². The van der Waals surface area contributed by atoms with E-state index in [1.54, 1.807) is 20.7 Å². The van der Waals surface area contributed by atoms with Crippen molar-refractivity contribution >= 4 is 62.0 Å². The minimum atomic E-state index is -1.73. The highest BCUT2D eigenvalue weighted by atomic mass is 79.9. The number of unbranched alkanes of at least 4 members (excludes halogenated alkanes) is 6. The molecule has 0 saturated heterocycles. The number of carbonyl (C=O) groups excluding carboxylic acids is 1. The summed E-state index contributed by atoms with van der Waals surface area (Å²) in [5, 5.41) is 4.39. The van der Waals surface area contributed by atoms with Crippen molar-refractivity contribution in [2.24, 2.45) is 0 Å². The average molecular weight is 722 g/mol. The molecule has 0 bridgehead atoms. The van der Waals surface area contributed by atoms with Gasteiger partial charge in [-0.05, 0) is 91.6 Å². The number of ether oxygens (including phenoxy) is 1. The maximum absolute atomic E-state index is 12.4. The van der Waals surface area contributed by atoms with Crippen molar-refractivity contribution in [3.63, 3.8) is 0 Å². The zero-order valence-corrected chi connectivity index (χ0v) is 29.7. The van der Waals surface area contributed by atoms with Gasteiger partial charge in [0.15, 0.2) is 0 Å². The van der Waals surface area contributed by atoms with Crippen molar-refractivity contribution in [1.82, 2.24) is 0 Å². The second kappa shape index (κ2) is 17.9. The highest BCUT2D eigenvalue weighted by Gasteiger charge is 2.44. The van der Waals surface area contributed by atoms with Crippen LogP contribution in [0.5, 0.6) is 5.75 Å². The van der Waals surface area contributed by atoms with Crippen LogP contribution < -0.4 is 37.6 Å². The molecule has 0 aliphatic rings. The lowest BCUT2D eigenvalue weighted by Gasteiger charge is -2.27. The van der Waals surface area contributed by atoms with Crippen LogP contribution in [-0.4, -0.2) is 12.1 Å². The first-order valence-corrected chi connectivity index (χ1v) is 19.6. The minimum absolute atomic E-state index is 0. The number of hydrogen-bond acceptors (Lipinski definition) is 5. The van der Waals surface area contributed by atoms with E-state index < -0.39 is 7.26 Å². The van der Waals surface area contributed by atoms with Gasteiger partial charge in [0.1, 0.15) is 32.7 Å². The van der Waals surface area contributed by atoms with Crippen LogP contribution in [0.4, 0.5) is 0 Å². The van der Waals surface area contributed by atoms with Crippen molar-refractivity contribution < 1.29 is 26.5 Å². The fraction of sp³-hybridized carbons (Fsp3) is 0.243. The van der Waals surface area contributed by atoms with Gasteiger partial charge in [0.2, 0.25) is 0 Å². The zero-order valence-electron chi connectivity index (χ0n) is 24.8. The molecule has 0 radical (unpaired) electrons. The average Bonchev–Trinajstić information content (AvgIpc) is 3.50. The smallest absolute Gasteiger partial charge is 0.311 e. The number of esters is 1. The first kappa shape index (κ1) is 34.4. The predicted molar refractivity (Wildman–Crippen MR) is 191 cm³/mol. The molecule has 1 heterocycles. The van der Waals surface area contributed by atoms with E-state index in [2.05, 4.69) is 91.0 Å². The Bertz CT molecular complexity index is 1510. The van der Waals surface area contributed by atoms with E-state index in [-0.39, 0.29) is 23.0 Å². The molecule has 0 saturated carbocycles. The van der Waals surface area contributed by atoms with Crippen molar-refractivity contribution in [2.45, 2.75) is 51.4 Å². The standard InChI is InChI=1S/C37H38O2PS3.BrH/c38-36(39-31-26-24-30(25-27-31)35-29-37(41)43-42-35)23-15-4-2-1-3-5-16-28-40(32-17-9-6-10-18-32,33-19-11-7-12-20-33)34-21-13-8-14-22-34;/h6-14,17-22,24-27,29H,1-5,15-16,23,28H2;1H/q+1;/p-1. The molecule has 0 atom stereocenters. The Morgan fingerprint density at radius 1 is 0.614 bits per heavy atom. The maximum atomic E-state index is 12.4. The van der Waals surface area contributed by atoms with E-state index in [0.29, 0.717) is 12.2 Å². The fourth-order valence-electron chi connectivity index (χ4n) is 5.63. The molecule has 0 fully saturated rings. The predicted octanol–water partition coefficient (Wildman–Crippen LogP) is 7.23. The molecule has 2 nitrogen and oxygen atoms in total.